The minimum Gasteiger partial charge on any atom is -0.495 e. The number of amides is 1. The summed E-state index contributed by atoms with van der Waals surface area (Å²) < 4.78 is 28.3. The molecule has 0 unspecified atom stereocenters. The fourth-order valence-corrected chi connectivity index (χ4v) is 3.36. The number of aromatic nitrogens is 1. The monoisotopic (exact) mass is 359 g/mol. The maximum atomic E-state index is 12.3. The van der Waals surface area contributed by atoms with E-state index in [2.05, 4.69) is 10.3 Å². The van der Waals surface area contributed by atoms with Gasteiger partial charge in [-0.2, -0.15) is 0 Å². The van der Waals surface area contributed by atoms with Crippen LogP contribution in [0.1, 0.15) is 5.56 Å². The zero-order valence-corrected chi connectivity index (χ0v) is 14.3. The Hall–Kier alpha value is -2.84. The molecule has 1 aromatic heterocycles. The zero-order valence-electron chi connectivity index (χ0n) is 13.4. The van der Waals surface area contributed by atoms with Crippen LogP contribution in [0.2, 0.25) is 0 Å². The number of H-pyrrole nitrogens is 1. The van der Waals surface area contributed by atoms with Crippen LogP contribution < -0.4 is 15.2 Å². The minimum absolute atomic E-state index is 0.122. The second kappa shape index (κ2) is 6.58. The first kappa shape index (κ1) is 17.0. The number of hydrogen-bond donors (Lipinski definition) is 3. The van der Waals surface area contributed by atoms with E-state index < -0.39 is 10.0 Å². The summed E-state index contributed by atoms with van der Waals surface area (Å²) >= 11 is 0. The van der Waals surface area contributed by atoms with Crippen molar-refractivity contribution < 1.29 is 17.9 Å². The molecule has 0 aliphatic carbocycles. The SMILES string of the molecule is COc1ccc(NC(=O)Cc2c[nH]c3ccccc23)cc1S(N)(=O)=O. The lowest BCUT2D eigenvalue weighted by molar-refractivity contribution is -0.115. The van der Waals surface area contributed by atoms with Gasteiger partial charge >= 0.3 is 0 Å². The highest BCUT2D eigenvalue weighted by molar-refractivity contribution is 7.89. The third-order valence-corrected chi connectivity index (χ3v) is 4.71. The van der Waals surface area contributed by atoms with E-state index >= 15 is 0 Å². The molecule has 2 aromatic carbocycles. The first-order valence-corrected chi connectivity index (χ1v) is 8.99. The maximum Gasteiger partial charge on any atom is 0.241 e. The van der Waals surface area contributed by atoms with Gasteiger partial charge in [0.1, 0.15) is 10.6 Å². The Balaban J connectivity index is 1.81. The van der Waals surface area contributed by atoms with Gasteiger partial charge in [-0.25, -0.2) is 13.6 Å². The van der Waals surface area contributed by atoms with Crippen molar-refractivity contribution in [2.75, 3.05) is 12.4 Å². The van der Waals surface area contributed by atoms with Gasteiger partial charge in [0.25, 0.3) is 0 Å². The van der Waals surface area contributed by atoms with Crippen LogP contribution in [0.5, 0.6) is 5.75 Å². The average Bonchev–Trinajstić information content (AvgIpc) is 2.97. The van der Waals surface area contributed by atoms with Gasteiger partial charge in [-0.1, -0.05) is 18.2 Å². The number of para-hydroxylation sites is 1. The van der Waals surface area contributed by atoms with Crippen molar-refractivity contribution in [3.63, 3.8) is 0 Å². The van der Waals surface area contributed by atoms with E-state index in [1.54, 1.807) is 12.3 Å². The van der Waals surface area contributed by atoms with Crippen molar-refractivity contribution in [3.05, 3.63) is 54.2 Å². The largest absolute Gasteiger partial charge is 0.495 e. The molecular weight excluding hydrogens is 342 g/mol. The summed E-state index contributed by atoms with van der Waals surface area (Å²) in [6.07, 6.45) is 1.94. The summed E-state index contributed by atoms with van der Waals surface area (Å²) in [5.41, 5.74) is 2.13. The highest BCUT2D eigenvalue weighted by Crippen LogP contribution is 2.26. The molecule has 0 fully saturated rings. The number of ether oxygens (including phenoxy) is 1. The number of fused-ring (bicyclic) bond motifs is 1. The van der Waals surface area contributed by atoms with Crippen molar-refractivity contribution in [1.82, 2.24) is 4.98 Å². The molecule has 1 heterocycles. The molecule has 0 saturated heterocycles. The molecule has 0 spiro atoms. The Labute approximate surface area is 144 Å². The summed E-state index contributed by atoms with van der Waals surface area (Å²) in [4.78, 5) is 15.2. The van der Waals surface area contributed by atoms with Gasteiger partial charge in [0.15, 0.2) is 0 Å². The summed E-state index contributed by atoms with van der Waals surface area (Å²) in [6.45, 7) is 0. The molecule has 0 atom stereocenters. The van der Waals surface area contributed by atoms with Crippen molar-refractivity contribution in [2.45, 2.75) is 11.3 Å². The molecule has 3 rings (SSSR count). The first-order chi connectivity index (χ1) is 11.9. The Morgan fingerprint density at radius 2 is 2.00 bits per heavy atom. The lowest BCUT2D eigenvalue weighted by Crippen LogP contribution is -2.17. The number of sulfonamides is 1. The van der Waals surface area contributed by atoms with E-state index in [4.69, 9.17) is 9.88 Å². The highest BCUT2D eigenvalue weighted by atomic mass is 32.2. The molecule has 7 nitrogen and oxygen atoms in total. The summed E-state index contributed by atoms with van der Waals surface area (Å²) in [7, 11) is -2.62. The van der Waals surface area contributed by atoms with Crippen LogP contribution in [0, 0.1) is 0 Å². The van der Waals surface area contributed by atoms with E-state index in [9.17, 15) is 13.2 Å². The minimum atomic E-state index is -3.96. The normalized spacial score (nSPS) is 11.4. The quantitative estimate of drug-likeness (QED) is 0.646. The molecule has 1 amide bonds. The van der Waals surface area contributed by atoms with Crippen LogP contribution in [0.3, 0.4) is 0 Å². The number of anilines is 1. The summed E-state index contributed by atoms with van der Waals surface area (Å²) in [5, 5.41) is 8.83. The van der Waals surface area contributed by atoms with Crippen LogP contribution in [0.4, 0.5) is 5.69 Å². The molecule has 0 radical (unpaired) electrons. The lowest BCUT2D eigenvalue weighted by Gasteiger charge is -2.10. The number of aromatic amines is 1. The van der Waals surface area contributed by atoms with E-state index in [1.807, 2.05) is 24.3 Å². The van der Waals surface area contributed by atoms with E-state index in [0.717, 1.165) is 16.5 Å². The predicted octanol–water partition coefficient (Wildman–Crippen LogP) is 2.01. The van der Waals surface area contributed by atoms with Gasteiger partial charge in [0.05, 0.1) is 13.5 Å². The number of nitrogens with two attached hydrogens (primary N) is 1. The topological polar surface area (TPSA) is 114 Å². The van der Waals surface area contributed by atoms with Gasteiger partial charge in [0, 0.05) is 22.8 Å². The Morgan fingerprint density at radius 1 is 1.24 bits per heavy atom. The second-order valence-electron chi connectivity index (χ2n) is 5.50. The van der Waals surface area contributed by atoms with Crippen molar-refractivity contribution in [1.29, 1.82) is 0 Å². The maximum absolute atomic E-state index is 12.3. The Kier molecular flexibility index (Phi) is 4.47. The van der Waals surface area contributed by atoms with Gasteiger partial charge in [0.2, 0.25) is 15.9 Å². The molecule has 3 aromatic rings. The predicted molar refractivity (Wildman–Crippen MR) is 95.0 cm³/mol. The second-order valence-corrected chi connectivity index (χ2v) is 7.02. The number of methoxy groups -OCH3 is 1. The molecule has 0 aliphatic heterocycles. The number of primary sulfonamides is 1. The van der Waals surface area contributed by atoms with Crippen LogP contribution in [0.25, 0.3) is 10.9 Å². The van der Waals surface area contributed by atoms with Crippen molar-refractivity contribution in [2.24, 2.45) is 5.14 Å². The average molecular weight is 359 g/mol. The number of benzene rings is 2. The molecular formula is C17H17N3O4S. The van der Waals surface area contributed by atoms with Crippen LogP contribution in [0.15, 0.2) is 53.6 Å². The van der Waals surface area contributed by atoms with E-state index in [0.29, 0.717) is 5.69 Å². The fraction of sp³-hybridized carbons (Fsp3) is 0.118. The molecule has 130 valence electrons. The van der Waals surface area contributed by atoms with Crippen LogP contribution >= 0.6 is 0 Å². The molecule has 4 N–H and O–H groups in total. The molecule has 25 heavy (non-hydrogen) atoms. The van der Waals surface area contributed by atoms with Crippen molar-refractivity contribution >= 4 is 32.5 Å². The van der Waals surface area contributed by atoms with Crippen molar-refractivity contribution in [3.8, 4) is 5.75 Å². The fourth-order valence-electron chi connectivity index (χ4n) is 2.63. The number of carbonyl (C=O) groups is 1. The smallest absolute Gasteiger partial charge is 0.241 e. The zero-order chi connectivity index (χ0) is 18.0. The van der Waals surface area contributed by atoms with Gasteiger partial charge < -0.3 is 15.0 Å². The molecule has 0 aliphatic rings. The Morgan fingerprint density at radius 3 is 2.72 bits per heavy atom. The lowest BCUT2D eigenvalue weighted by atomic mass is 10.1. The van der Waals surface area contributed by atoms with Crippen LogP contribution in [-0.4, -0.2) is 26.4 Å². The van der Waals surface area contributed by atoms with E-state index in [-0.39, 0.29) is 23.0 Å². The number of carbonyl (C=O) groups excluding carboxylic acids is 1. The molecule has 0 saturated carbocycles. The van der Waals surface area contributed by atoms with Gasteiger partial charge in [-0.3, -0.25) is 4.79 Å². The standard InChI is InChI=1S/C17H17N3O4S/c1-24-15-7-6-12(9-16(15)25(18,22)23)20-17(21)8-11-10-19-14-5-3-2-4-13(11)14/h2-7,9-10,19H,8H2,1H3,(H,20,21)(H2,18,22,23). The van der Waals surface area contributed by atoms with Gasteiger partial charge in [-0.15, -0.1) is 0 Å². The third-order valence-electron chi connectivity index (χ3n) is 3.78. The third kappa shape index (κ3) is 3.65. The summed E-state index contributed by atoms with van der Waals surface area (Å²) in [5.74, 6) is -0.146. The number of rotatable bonds is 5. The highest BCUT2D eigenvalue weighted by Gasteiger charge is 2.17. The van der Waals surface area contributed by atoms with E-state index in [1.165, 1.54) is 19.2 Å². The first-order valence-electron chi connectivity index (χ1n) is 7.44. The molecule has 0 bridgehead atoms. The number of hydrogen-bond acceptors (Lipinski definition) is 4. The Bertz CT molecular complexity index is 1040. The van der Waals surface area contributed by atoms with Crippen LogP contribution in [-0.2, 0) is 21.2 Å². The van der Waals surface area contributed by atoms with Gasteiger partial charge in [-0.05, 0) is 29.8 Å². The molecule has 8 heteroatoms. The summed E-state index contributed by atoms with van der Waals surface area (Å²) in [6, 6.07) is 12.0. The number of nitrogens with one attached hydrogen (secondary N) is 2.